The molecule has 3 aromatic carbocycles. The number of halogens is 1. The molecule has 0 amide bonds. The normalized spacial score (nSPS) is 10.5. The second kappa shape index (κ2) is 5.98. The van der Waals surface area contributed by atoms with Crippen LogP contribution in [0.1, 0.15) is 10.4 Å². The number of benzene rings is 3. The molecular weight excluding hydrogens is 284 g/mol. The Morgan fingerprint density at radius 3 is 2.48 bits per heavy atom. The summed E-state index contributed by atoms with van der Waals surface area (Å²) in [5, 5.41) is 2.59. The van der Waals surface area contributed by atoms with Crippen LogP contribution < -0.4 is 4.74 Å². The number of hydrogen-bond acceptors (Lipinski definition) is 2. The minimum atomic E-state index is -0.0557. The molecule has 0 atom stereocenters. The molecule has 0 aliphatic rings. The molecule has 0 saturated carbocycles. The van der Waals surface area contributed by atoms with E-state index in [2.05, 4.69) is 0 Å². The maximum atomic E-state index is 12.0. The van der Waals surface area contributed by atoms with E-state index in [1.807, 2.05) is 48.5 Å². The smallest absolute Gasteiger partial charge is 0.200 e. The van der Waals surface area contributed by atoms with Gasteiger partial charge < -0.3 is 4.74 Å². The number of carbonyl (C=O) groups excluding carboxylic acids is 1. The van der Waals surface area contributed by atoms with Gasteiger partial charge in [-0.25, -0.2) is 0 Å². The Kier molecular flexibility index (Phi) is 3.89. The number of ether oxygens (including phenoxy) is 1. The number of hydrogen-bond donors (Lipinski definition) is 0. The lowest BCUT2D eigenvalue weighted by Gasteiger charge is -2.08. The third-order valence-corrected chi connectivity index (χ3v) is 3.56. The number of Topliss-reactive ketones (excluding diaryl/α,β-unsaturated/α-hetero) is 1. The lowest BCUT2D eigenvalue weighted by Crippen LogP contribution is -2.11. The van der Waals surface area contributed by atoms with E-state index in [0.29, 0.717) is 16.3 Å². The average molecular weight is 297 g/mol. The zero-order chi connectivity index (χ0) is 14.7. The van der Waals surface area contributed by atoms with Gasteiger partial charge in [0.1, 0.15) is 5.75 Å². The first-order chi connectivity index (χ1) is 10.2. The van der Waals surface area contributed by atoms with Crippen LogP contribution in [-0.4, -0.2) is 12.4 Å². The summed E-state index contributed by atoms with van der Waals surface area (Å²) in [6, 6.07) is 20.5. The molecule has 0 spiro atoms. The molecular formula is C18H13ClO2. The van der Waals surface area contributed by atoms with Gasteiger partial charge in [-0.1, -0.05) is 66.2 Å². The van der Waals surface area contributed by atoms with Gasteiger partial charge in [0.25, 0.3) is 0 Å². The van der Waals surface area contributed by atoms with Crippen molar-refractivity contribution in [1.82, 2.24) is 0 Å². The lowest BCUT2D eigenvalue weighted by molar-refractivity contribution is 0.0921. The van der Waals surface area contributed by atoms with Crippen LogP contribution in [-0.2, 0) is 0 Å². The Bertz CT molecular complexity index is 782. The maximum Gasteiger partial charge on any atom is 0.200 e. The van der Waals surface area contributed by atoms with E-state index < -0.39 is 0 Å². The van der Waals surface area contributed by atoms with Crippen LogP contribution in [0.5, 0.6) is 5.75 Å². The molecule has 21 heavy (non-hydrogen) atoms. The third kappa shape index (κ3) is 3.06. The molecule has 3 rings (SSSR count). The van der Waals surface area contributed by atoms with Gasteiger partial charge in [-0.15, -0.1) is 0 Å². The molecule has 0 aromatic heterocycles. The Balaban J connectivity index is 1.78. The number of carbonyl (C=O) groups is 1. The third-order valence-electron chi connectivity index (χ3n) is 3.25. The lowest BCUT2D eigenvalue weighted by atomic mass is 10.1. The van der Waals surface area contributed by atoms with Crippen LogP contribution in [0.15, 0.2) is 66.7 Å². The van der Waals surface area contributed by atoms with Crippen molar-refractivity contribution in [1.29, 1.82) is 0 Å². The highest BCUT2D eigenvalue weighted by molar-refractivity contribution is 6.35. The molecule has 0 heterocycles. The van der Waals surface area contributed by atoms with Crippen LogP contribution in [0.3, 0.4) is 0 Å². The first-order valence-electron chi connectivity index (χ1n) is 6.63. The highest BCUT2D eigenvalue weighted by Crippen LogP contribution is 2.29. The van der Waals surface area contributed by atoms with Crippen molar-refractivity contribution in [3.05, 3.63) is 77.3 Å². The molecule has 0 aliphatic heterocycles. The molecule has 0 radical (unpaired) electrons. The molecule has 2 nitrogen and oxygen atoms in total. The standard InChI is InChI=1S/C18H13ClO2/c19-17-11-15(10-14-8-4-5-9-16(14)17)21-12-18(20)13-6-2-1-3-7-13/h1-11H,12H2. The van der Waals surface area contributed by atoms with Gasteiger partial charge in [0, 0.05) is 10.9 Å². The summed E-state index contributed by atoms with van der Waals surface area (Å²) in [6.45, 7) is -0.00131. The van der Waals surface area contributed by atoms with Gasteiger partial charge >= 0.3 is 0 Å². The van der Waals surface area contributed by atoms with E-state index >= 15 is 0 Å². The first kappa shape index (κ1) is 13.7. The van der Waals surface area contributed by atoms with Crippen LogP contribution in [0.25, 0.3) is 10.8 Å². The number of rotatable bonds is 4. The average Bonchev–Trinajstić information content (AvgIpc) is 2.53. The molecule has 0 N–H and O–H groups in total. The van der Waals surface area contributed by atoms with Gasteiger partial charge in [0.2, 0.25) is 0 Å². The zero-order valence-electron chi connectivity index (χ0n) is 11.3. The fraction of sp³-hybridized carbons (Fsp3) is 0.0556. The molecule has 3 aromatic rings. The van der Waals surface area contributed by atoms with E-state index in [9.17, 15) is 4.79 Å². The summed E-state index contributed by atoms with van der Waals surface area (Å²) in [4.78, 5) is 12.0. The van der Waals surface area contributed by atoms with Crippen molar-refractivity contribution in [2.75, 3.05) is 6.61 Å². The topological polar surface area (TPSA) is 26.3 Å². The Hall–Kier alpha value is -2.32. The van der Waals surface area contributed by atoms with E-state index in [4.69, 9.17) is 16.3 Å². The minimum Gasteiger partial charge on any atom is -0.485 e. The largest absolute Gasteiger partial charge is 0.485 e. The molecule has 0 fully saturated rings. The number of ketones is 1. The summed E-state index contributed by atoms with van der Waals surface area (Å²) in [5.74, 6) is 0.544. The molecule has 104 valence electrons. The minimum absolute atomic E-state index is 0.00131. The Morgan fingerprint density at radius 1 is 0.952 bits per heavy atom. The van der Waals surface area contributed by atoms with Crippen molar-refractivity contribution >= 4 is 28.2 Å². The van der Waals surface area contributed by atoms with E-state index in [-0.39, 0.29) is 12.4 Å². The summed E-state index contributed by atoms with van der Waals surface area (Å²) in [6.07, 6.45) is 0. The summed E-state index contributed by atoms with van der Waals surface area (Å²) < 4.78 is 5.58. The SMILES string of the molecule is O=C(COc1cc(Cl)c2ccccc2c1)c1ccccc1. The van der Waals surface area contributed by atoms with Gasteiger partial charge in [-0.3, -0.25) is 4.79 Å². The van der Waals surface area contributed by atoms with Gasteiger partial charge in [0.15, 0.2) is 12.4 Å². The predicted molar refractivity (Wildman–Crippen MR) is 85.2 cm³/mol. The molecule has 0 aliphatic carbocycles. The second-order valence-corrected chi connectivity index (χ2v) is 5.11. The number of fused-ring (bicyclic) bond motifs is 1. The van der Waals surface area contributed by atoms with Crippen LogP contribution in [0, 0.1) is 0 Å². The van der Waals surface area contributed by atoms with Crippen molar-refractivity contribution in [2.45, 2.75) is 0 Å². The van der Waals surface area contributed by atoms with Crippen molar-refractivity contribution in [2.24, 2.45) is 0 Å². The van der Waals surface area contributed by atoms with Crippen LogP contribution in [0.2, 0.25) is 5.02 Å². The molecule has 0 unspecified atom stereocenters. The van der Waals surface area contributed by atoms with Crippen molar-refractivity contribution in [3.63, 3.8) is 0 Å². The maximum absolute atomic E-state index is 12.0. The predicted octanol–water partition coefficient (Wildman–Crippen LogP) is 4.75. The molecule has 3 heteroatoms. The zero-order valence-corrected chi connectivity index (χ0v) is 12.0. The van der Waals surface area contributed by atoms with Crippen molar-refractivity contribution in [3.8, 4) is 5.75 Å². The van der Waals surface area contributed by atoms with Crippen LogP contribution >= 0.6 is 11.6 Å². The highest BCUT2D eigenvalue weighted by Gasteiger charge is 2.08. The summed E-state index contributed by atoms with van der Waals surface area (Å²) >= 11 is 6.23. The second-order valence-electron chi connectivity index (χ2n) is 4.70. The van der Waals surface area contributed by atoms with Gasteiger partial charge in [-0.05, 0) is 17.5 Å². The summed E-state index contributed by atoms with van der Waals surface area (Å²) in [7, 11) is 0. The summed E-state index contributed by atoms with van der Waals surface area (Å²) in [5.41, 5.74) is 0.643. The fourth-order valence-electron chi connectivity index (χ4n) is 2.18. The van der Waals surface area contributed by atoms with Gasteiger partial charge in [0.05, 0.1) is 5.02 Å². The van der Waals surface area contributed by atoms with E-state index in [1.54, 1.807) is 18.2 Å². The Morgan fingerprint density at radius 2 is 1.67 bits per heavy atom. The van der Waals surface area contributed by atoms with E-state index in [0.717, 1.165) is 10.8 Å². The monoisotopic (exact) mass is 296 g/mol. The molecule has 0 saturated heterocycles. The Labute approximate surface area is 127 Å². The highest BCUT2D eigenvalue weighted by atomic mass is 35.5. The quantitative estimate of drug-likeness (QED) is 0.649. The van der Waals surface area contributed by atoms with Gasteiger partial charge in [-0.2, -0.15) is 0 Å². The van der Waals surface area contributed by atoms with Crippen LogP contribution in [0.4, 0.5) is 0 Å². The fourth-order valence-corrected chi connectivity index (χ4v) is 2.46. The van der Waals surface area contributed by atoms with Crippen molar-refractivity contribution < 1.29 is 9.53 Å². The first-order valence-corrected chi connectivity index (χ1v) is 7.01. The van der Waals surface area contributed by atoms with E-state index in [1.165, 1.54) is 0 Å². The molecule has 0 bridgehead atoms.